The smallest absolute Gasteiger partial charge is 0.389 e. The van der Waals surface area contributed by atoms with Gasteiger partial charge >= 0.3 is 12.1 Å². The molecule has 0 spiro atoms. The van der Waals surface area contributed by atoms with Crippen LogP contribution in [-0.4, -0.2) is 12.1 Å². The summed E-state index contributed by atoms with van der Waals surface area (Å²) in [5, 5.41) is 0. The molecule has 0 aliphatic carbocycles. The van der Waals surface area contributed by atoms with Crippen molar-refractivity contribution in [2.75, 3.05) is 0 Å². The minimum Gasteiger partial charge on any atom is -0.427 e. The summed E-state index contributed by atoms with van der Waals surface area (Å²) >= 11 is 0. The van der Waals surface area contributed by atoms with Crippen LogP contribution in [0.15, 0.2) is 24.3 Å². The Balaban J connectivity index is 0.00000324. The van der Waals surface area contributed by atoms with Crippen molar-refractivity contribution in [1.29, 1.82) is 0 Å². The van der Waals surface area contributed by atoms with Crippen LogP contribution in [0.3, 0.4) is 0 Å². The van der Waals surface area contributed by atoms with Gasteiger partial charge in [-0.1, -0.05) is 12.1 Å². The molecule has 108 valence electrons. The number of carbonyl (C=O) groups excluding carboxylic acids is 1. The molecule has 3 nitrogen and oxygen atoms in total. The van der Waals surface area contributed by atoms with E-state index in [1.807, 2.05) is 0 Å². The van der Waals surface area contributed by atoms with Crippen molar-refractivity contribution >= 4 is 18.4 Å². The van der Waals surface area contributed by atoms with E-state index in [4.69, 9.17) is 10.5 Å². The van der Waals surface area contributed by atoms with Gasteiger partial charge in [-0.15, -0.1) is 12.4 Å². The molecule has 1 aromatic carbocycles. The highest BCUT2D eigenvalue weighted by Crippen LogP contribution is 2.27. The van der Waals surface area contributed by atoms with E-state index in [1.165, 1.54) is 13.0 Å². The van der Waals surface area contributed by atoms with Crippen molar-refractivity contribution in [2.24, 2.45) is 5.73 Å². The van der Waals surface area contributed by atoms with E-state index in [0.29, 0.717) is 5.56 Å². The molecule has 2 N–H and O–H groups in total. The van der Waals surface area contributed by atoms with Crippen molar-refractivity contribution < 1.29 is 22.7 Å². The van der Waals surface area contributed by atoms with E-state index < -0.39 is 24.6 Å². The molecular formula is C12H15ClF3NO2. The molecule has 0 unspecified atom stereocenters. The zero-order valence-electron chi connectivity index (χ0n) is 10.2. The summed E-state index contributed by atoms with van der Waals surface area (Å²) in [6.45, 7) is 1.25. The Labute approximate surface area is 115 Å². The fraction of sp³-hybridized carbons (Fsp3) is 0.417. The highest BCUT2D eigenvalue weighted by Gasteiger charge is 2.27. The SMILES string of the molecule is CC(=O)Oc1cccc([C@@H](N)CCC(F)(F)F)c1.Cl. The lowest BCUT2D eigenvalue weighted by atomic mass is 10.0. The number of benzene rings is 1. The minimum atomic E-state index is -4.22. The lowest BCUT2D eigenvalue weighted by molar-refractivity contribution is -0.136. The second-order valence-corrected chi connectivity index (χ2v) is 3.93. The summed E-state index contributed by atoms with van der Waals surface area (Å²) < 4.78 is 41.0. The van der Waals surface area contributed by atoms with E-state index in [2.05, 4.69) is 0 Å². The van der Waals surface area contributed by atoms with Crippen LogP contribution < -0.4 is 10.5 Å². The maximum Gasteiger partial charge on any atom is 0.389 e. The molecule has 0 saturated heterocycles. The van der Waals surface area contributed by atoms with E-state index >= 15 is 0 Å². The highest BCUT2D eigenvalue weighted by molar-refractivity contribution is 5.85. The quantitative estimate of drug-likeness (QED) is 0.685. The van der Waals surface area contributed by atoms with Gasteiger partial charge in [-0.05, 0) is 24.1 Å². The first-order valence-electron chi connectivity index (χ1n) is 5.38. The van der Waals surface area contributed by atoms with Crippen LogP contribution in [0, 0.1) is 0 Å². The first kappa shape index (κ1) is 17.7. The average Bonchev–Trinajstić information content (AvgIpc) is 2.24. The Hall–Kier alpha value is -1.27. The van der Waals surface area contributed by atoms with Crippen molar-refractivity contribution in [1.82, 2.24) is 0 Å². The van der Waals surface area contributed by atoms with Gasteiger partial charge in [0.15, 0.2) is 0 Å². The number of esters is 1. The Kier molecular flexibility index (Phi) is 6.86. The Morgan fingerprint density at radius 3 is 2.58 bits per heavy atom. The van der Waals surface area contributed by atoms with Crippen molar-refractivity contribution in [3.05, 3.63) is 29.8 Å². The molecule has 0 saturated carbocycles. The van der Waals surface area contributed by atoms with Gasteiger partial charge in [0.05, 0.1) is 0 Å². The molecule has 0 amide bonds. The largest absolute Gasteiger partial charge is 0.427 e. The van der Waals surface area contributed by atoms with Crippen molar-refractivity contribution in [3.8, 4) is 5.75 Å². The van der Waals surface area contributed by atoms with Crippen LogP contribution >= 0.6 is 12.4 Å². The molecule has 0 bridgehead atoms. The molecule has 0 fully saturated rings. The van der Waals surface area contributed by atoms with Crippen LogP contribution in [0.25, 0.3) is 0 Å². The second kappa shape index (κ2) is 7.35. The number of nitrogens with two attached hydrogens (primary N) is 1. The Bertz CT molecular complexity index is 424. The van der Waals surface area contributed by atoms with E-state index in [9.17, 15) is 18.0 Å². The zero-order chi connectivity index (χ0) is 13.8. The molecule has 0 aliphatic heterocycles. The summed E-state index contributed by atoms with van der Waals surface area (Å²) in [4.78, 5) is 10.7. The molecular weight excluding hydrogens is 283 g/mol. The number of rotatable bonds is 4. The third-order valence-electron chi connectivity index (χ3n) is 2.29. The molecule has 0 heterocycles. The summed E-state index contributed by atoms with van der Waals surface area (Å²) in [5.41, 5.74) is 6.17. The first-order valence-corrected chi connectivity index (χ1v) is 5.38. The topological polar surface area (TPSA) is 52.3 Å². The third-order valence-corrected chi connectivity index (χ3v) is 2.29. The monoisotopic (exact) mass is 297 g/mol. The lowest BCUT2D eigenvalue weighted by Crippen LogP contribution is -2.16. The van der Waals surface area contributed by atoms with Gasteiger partial charge in [-0.3, -0.25) is 4.79 Å². The molecule has 0 radical (unpaired) electrons. The number of ether oxygens (including phenoxy) is 1. The van der Waals surface area contributed by atoms with Crippen LogP contribution in [0.4, 0.5) is 13.2 Å². The van der Waals surface area contributed by atoms with Crippen LogP contribution in [-0.2, 0) is 4.79 Å². The maximum absolute atomic E-state index is 12.1. The molecule has 1 rings (SSSR count). The molecule has 0 aromatic heterocycles. The van der Waals surface area contributed by atoms with Gasteiger partial charge in [0.2, 0.25) is 0 Å². The second-order valence-electron chi connectivity index (χ2n) is 3.93. The number of halogens is 4. The number of hydrogen-bond donors (Lipinski definition) is 1. The lowest BCUT2D eigenvalue weighted by Gasteiger charge is -2.14. The first-order chi connectivity index (χ1) is 8.28. The van der Waals surface area contributed by atoms with E-state index in [1.54, 1.807) is 18.2 Å². The number of hydrogen-bond acceptors (Lipinski definition) is 3. The summed E-state index contributed by atoms with van der Waals surface area (Å²) in [6.07, 6.45) is -5.36. The fourth-order valence-corrected chi connectivity index (χ4v) is 1.46. The van der Waals surface area contributed by atoms with Gasteiger partial charge in [-0.2, -0.15) is 13.2 Å². The average molecular weight is 298 g/mol. The molecule has 1 aromatic rings. The fourth-order valence-electron chi connectivity index (χ4n) is 1.46. The Morgan fingerprint density at radius 2 is 2.05 bits per heavy atom. The van der Waals surface area contributed by atoms with Gasteiger partial charge in [-0.25, -0.2) is 0 Å². The van der Waals surface area contributed by atoms with Gasteiger partial charge < -0.3 is 10.5 Å². The van der Waals surface area contributed by atoms with Crippen LogP contribution in [0.2, 0.25) is 0 Å². The van der Waals surface area contributed by atoms with Crippen LogP contribution in [0.5, 0.6) is 5.75 Å². The molecule has 19 heavy (non-hydrogen) atoms. The van der Waals surface area contributed by atoms with Gasteiger partial charge in [0, 0.05) is 19.4 Å². The normalized spacial score (nSPS) is 12.5. The molecule has 7 heteroatoms. The summed E-state index contributed by atoms with van der Waals surface area (Å²) in [5.74, 6) is -0.210. The summed E-state index contributed by atoms with van der Waals surface area (Å²) in [6, 6.07) is 5.47. The van der Waals surface area contributed by atoms with Gasteiger partial charge in [0.25, 0.3) is 0 Å². The van der Waals surface area contributed by atoms with Crippen LogP contribution in [0.1, 0.15) is 31.4 Å². The van der Waals surface area contributed by atoms with Crippen molar-refractivity contribution in [2.45, 2.75) is 32.0 Å². The number of carbonyl (C=O) groups is 1. The third kappa shape index (κ3) is 7.03. The predicted molar refractivity (Wildman–Crippen MR) is 67.2 cm³/mol. The van der Waals surface area contributed by atoms with Crippen molar-refractivity contribution in [3.63, 3.8) is 0 Å². The van der Waals surface area contributed by atoms with E-state index in [0.717, 1.165) is 0 Å². The zero-order valence-corrected chi connectivity index (χ0v) is 11.1. The van der Waals surface area contributed by atoms with Gasteiger partial charge in [0.1, 0.15) is 5.75 Å². The number of alkyl halides is 3. The standard InChI is InChI=1S/C12H14F3NO2.ClH/c1-8(17)18-10-4-2-3-9(7-10)11(16)5-6-12(13,14)15;/h2-4,7,11H,5-6,16H2,1H3;1H/t11-;/m0./s1. The maximum atomic E-state index is 12.1. The molecule has 1 atom stereocenters. The summed E-state index contributed by atoms with van der Waals surface area (Å²) in [7, 11) is 0. The molecule has 0 aliphatic rings. The predicted octanol–water partition coefficient (Wildman–Crippen LogP) is 3.38. The van der Waals surface area contributed by atoms with E-state index in [-0.39, 0.29) is 24.6 Å². The Morgan fingerprint density at radius 1 is 1.42 bits per heavy atom. The minimum absolute atomic E-state index is 0. The highest BCUT2D eigenvalue weighted by atomic mass is 35.5.